The molecule has 2 rings (SSSR count). The molecule has 0 aromatic carbocycles. The molecule has 110 valence electrons. The molecule has 4 nitrogen and oxygen atoms in total. The fraction of sp³-hybridized carbons (Fsp3) is 0.353. The first-order valence-corrected chi connectivity index (χ1v) is 7.11. The van der Waals surface area contributed by atoms with E-state index in [0.717, 1.165) is 16.8 Å². The van der Waals surface area contributed by atoms with E-state index in [1.54, 1.807) is 0 Å². The lowest BCUT2D eigenvalue weighted by Gasteiger charge is -2.15. The zero-order valence-electron chi connectivity index (χ0n) is 13.1. The highest BCUT2D eigenvalue weighted by Crippen LogP contribution is 2.25. The first-order chi connectivity index (χ1) is 9.88. The molecule has 2 N–H and O–H groups in total. The van der Waals surface area contributed by atoms with Crippen LogP contribution in [-0.2, 0) is 6.42 Å². The summed E-state index contributed by atoms with van der Waals surface area (Å²) in [7, 11) is 0. The van der Waals surface area contributed by atoms with Crippen LogP contribution in [0.4, 0.5) is 5.82 Å². The van der Waals surface area contributed by atoms with Gasteiger partial charge in [-0.05, 0) is 42.5 Å². The number of aromatic nitrogens is 3. The van der Waals surface area contributed by atoms with Crippen molar-refractivity contribution in [2.45, 2.75) is 40.0 Å². The van der Waals surface area contributed by atoms with Gasteiger partial charge >= 0.3 is 0 Å². The summed E-state index contributed by atoms with van der Waals surface area (Å²) in [6.45, 7) is 12.1. The number of pyridine rings is 1. The third-order valence-corrected chi connectivity index (χ3v) is 3.48. The highest BCUT2D eigenvalue weighted by Gasteiger charge is 2.12. The number of hydrogen-bond acceptors (Lipinski definition) is 4. The van der Waals surface area contributed by atoms with Gasteiger partial charge in [0.1, 0.15) is 11.6 Å². The van der Waals surface area contributed by atoms with Gasteiger partial charge in [0, 0.05) is 24.4 Å². The second kappa shape index (κ2) is 6.04. The maximum absolute atomic E-state index is 6.01. The number of nitrogen functional groups attached to an aromatic ring is 1. The Kier molecular flexibility index (Phi) is 4.36. The summed E-state index contributed by atoms with van der Waals surface area (Å²) in [5.41, 5.74) is 11.3. The summed E-state index contributed by atoms with van der Waals surface area (Å²) in [5, 5.41) is 0. The van der Waals surface area contributed by atoms with Gasteiger partial charge in [0.05, 0.1) is 5.69 Å². The van der Waals surface area contributed by atoms with Crippen LogP contribution in [0.1, 0.15) is 54.9 Å². The van der Waals surface area contributed by atoms with Crippen molar-refractivity contribution >= 4 is 11.4 Å². The Balaban J connectivity index is 2.45. The number of rotatable bonds is 4. The van der Waals surface area contributed by atoms with Gasteiger partial charge in [-0.3, -0.25) is 4.98 Å². The smallest absolute Gasteiger partial charge is 0.130 e. The van der Waals surface area contributed by atoms with E-state index >= 15 is 0 Å². The molecule has 0 bridgehead atoms. The van der Waals surface area contributed by atoms with Crippen molar-refractivity contribution in [1.29, 1.82) is 0 Å². The van der Waals surface area contributed by atoms with E-state index in [9.17, 15) is 0 Å². The largest absolute Gasteiger partial charge is 0.383 e. The Hall–Kier alpha value is -2.23. The first kappa shape index (κ1) is 15.2. The molecule has 2 heterocycles. The van der Waals surface area contributed by atoms with Crippen LogP contribution in [0.5, 0.6) is 0 Å². The van der Waals surface area contributed by atoms with Gasteiger partial charge in [-0.1, -0.05) is 20.4 Å². The Bertz CT molecular complexity index is 674. The van der Waals surface area contributed by atoms with Gasteiger partial charge in [-0.2, -0.15) is 0 Å². The molecule has 2 aromatic heterocycles. The van der Waals surface area contributed by atoms with E-state index in [0.29, 0.717) is 24.0 Å². The van der Waals surface area contributed by atoms with Crippen LogP contribution in [0.3, 0.4) is 0 Å². The summed E-state index contributed by atoms with van der Waals surface area (Å²) in [4.78, 5) is 13.0. The Labute approximate surface area is 126 Å². The van der Waals surface area contributed by atoms with Crippen LogP contribution in [-0.4, -0.2) is 15.0 Å². The first-order valence-electron chi connectivity index (χ1n) is 7.11. The van der Waals surface area contributed by atoms with E-state index in [-0.39, 0.29) is 0 Å². The van der Waals surface area contributed by atoms with Gasteiger partial charge < -0.3 is 5.73 Å². The number of anilines is 1. The van der Waals surface area contributed by atoms with Crippen molar-refractivity contribution in [2.24, 2.45) is 0 Å². The second-order valence-electron chi connectivity index (χ2n) is 5.71. The fourth-order valence-electron chi connectivity index (χ4n) is 2.27. The van der Waals surface area contributed by atoms with Gasteiger partial charge in [0.15, 0.2) is 0 Å². The molecule has 2 aromatic rings. The summed E-state index contributed by atoms with van der Waals surface area (Å²) in [6.07, 6.45) is 4.46. The number of aryl methyl sites for hydroxylation is 1. The molecule has 0 radical (unpaired) electrons. The van der Waals surface area contributed by atoms with E-state index in [2.05, 4.69) is 41.4 Å². The molecular formula is C17H22N4. The van der Waals surface area contributed by atoms with Crippen molar-refractivity contribution in [3.63, 3.8) is 0 Å². The van der Waals surface area contributed by atoms with E-state index in [4.69, 9.17) is 5.73 Å². The molecule has 0 aliphatic heterocycles. The van der Waals surface area contributed by atoms with Crippen LogP contribution in [0.2, 0.25) is 0 Å². The third-order valence-electron chi connectivity index (χ3n) is 3.48. The number of allylic oxidation sites excluding steroid dienone is 1. The van der Waals surface area contributed by atoms with Crippen molar-refractivity contribution < 1.29 is 0 Å². The summed E-state index contributed by atoms with van der Waals surface area (Å²) in [5.74, 6) is 1.64. The third kappa shape index (κ3) is 3.45. The lowest BCUT2D eigenvalue weighted by Crippen LogP contribution is -2.05. The van der Waals surface area contributed by atoms with Crippen LogP contribution in [0.25, 0.3) is 5.57 Å². The summed E-state index contributed by atoms with van der Waals surface area (Å²) in [6, 6.07) is 2.09. The normalized spacial score (nSPS) is 10.9. The Morgan fingerprint density at radius 1 is 1.24 bits per heavy atom. The molecule has 0 aliphatic carbocycles. The minimum Gasteiger partial charge on any atom is -0.383 e. The zero-order chi connectivity index (χ0) is 15.6. The topological polar surface area (TPSA) is 64.7 Å². The van der Waals surface area contributed by atoms with Gasteiger partial charge in [-0.15, -0.1) is 0 Å². The molecule has 0 aliphatic rings. The molecule has 0 fully saturated rings. The van der Waals surface area contributed by atoms with Crippen molar-refractivity contribution in [3.05, 3.63) is 53.2 Å². The Morgan fingerprint density at radius 3 is 2.52 bits per heavy atom. The maximum Gasteiger partial charge on any atom is 0.130 e. The molecule has 21 heavy (non-hydrogen) atoms. The minimum atomic E-state index is 0.402. The van der Waals surface area contributed by atoms with Crippen molar-refractivity contribution in [1.82, 2.24) is 15.0 Å². The maximum atomic E-state index is 6.01. The van der Waals surface area contributed by atoms with Crippen molar-refractivity contribution in [3.8, 4) is 0 Å². The average Bonchev–Trinajstić information content (AvgIpc) is 2.41. The van der Waals surface area contributed by atoms with Gasteiger partial charge in [-0.25, -0.2) is 9.97 Å². The van der Waals surface area contributed by atoms with E-state index < -0.39 is 0 Å². The lowest BCUT2D eigenvalue weighted by molar-refractivity contribution is 0.836. The highest BCUT2D eigenvalue weighted by molar-refractivity contribution is 5.59. The van der Waals surface area contributed by atoms with Gasteiger partial charge in [0.25, 0.3) is 0 Å². The van der Waals surface area contributed by atoms with E-state index in [1.165, 1.54) is 11.1 Å². The van der Waals surface area contributed by atoms with E-state index in [1.807, 2.05) is 26.2 Å². The predicted octanol–water partition coefficient (Wildman–Crippen LogP) is 3.51. The molecule has 0 saturated heterocycles. The highest BCUT2D eigenvalue weighted by atomic mass is 14.9. The van der Waals surface area contributed by atoms with Crippen LogP contribution < -0.4 is 5.73 Å². The zero-order valence-corrected chi connectivity index (χ0v) is 13.1. The molecule has 0 spiro atoms. The van der Waals surface area contributed by atoms with Gasteiger partial charge in [0.2, 0.25) is 0 Å². The van der Waals surface area contributed by atoms with Crippen LogP contribution in [0.15, 0.2) is 25.0 Å². The minimum absolute atomic E-state index is 0.402. The molecule has 0 unspecified atom stereocenters. The lowest BCUT2D eigenvalue weighted by atomic mass is 9.94. The quantitative estimate of drug-likeness (QED) is 0.932. The predicted molar refractivity (Wildman–Crippen MR) is 87.0 cm³/mol. The van der Waals surface area contributed by atoms with Crippen LogP contribution >= 0.6 is 0 Å². The van der Waals surface area contributed by atoms with Crippen LogP contribution in [0, 0.1) is 6.92 Å². The molecule has 0 saturated carbocycles. The number of nitrogens with zero attached hydrogens (tertiary/aromatic N) is 3. The molecule has 0 amide bonds. The standard InChI is InChI=1S/C17H22N4/c1-10(2)15-9-20-16(11(3)4)7-13(15)6-14-8-19-12(5)21-17(14)18/h7-10H,3,6H2,1-2,4-5H3,(H2,18,19,21). The monoisotopic (exact) mass is 282 g/mol. The summed E-state index contributed by atoms with van der Waals surface area (Å²) < 4.78 is 0. The fourth-order valence-corrected chi connectivity index (χ4v) is 2.27. The second-order valence-corrected chi connectivity index (χ2v) is 5.71. The number of nitrogens with two attached hydrogens (primary N) is 1. The summed E-state index contributed by atoms with van der Waals surface area (Å²) >= 11 is 0. The molecular weight excluding hydrogens is 260 g/mol. The number of hydrogen-bond donors (Lipinski definition) is 1. The van der Waals surface area contributed by atoms with Crippen molar-refractivity contribution in [2.75, 3.05) is 5.73 Å². The molecule has 0 atom stereocenters. The Morgan fingerprint density at radius 2 is 1.95 bits per heavy atom. The molecule has 4 heteroatoms. The average molecular weight is 282 g/mol. The SMILES string of the molecule is C=C(C)c1cc(Cc2cnc(C)nc2N)c(C(C)C)cn1.